The number of likely N-dealkylation sites (N-methyl/N-ethyl adjacent to an activating group) is 1. The van der Waals surface area contributed by atoms with Gasteiger partial charge in [0.25, 0.3) is 0 Å². The minimum Gasteiger partial charge on any atom is -0.378 e. The number of aliphatic imine (C=N–C) groups is 1. The van der Waals surface area contributed by atoms with Crippen LogP contribution in [0.2, 0.25) is 5.02 Å². The molecule has 2 aromatic rings. The number of nitrogens with zero attached hydrogens (tertiary/aromatic N) is 4. The number of piperazine rings is 1. The molecule has 0 spiro atoms. The van der Waals surface area contributed by atoms with Crippen LogP contribution in [0.15, 0.2) is 47.5 Å². The summed E-state index contributed by atoms with van der Waals surface area (Å²) >= 11 is 6.40. The van der Waals surface area contributed by atoms with Gasteiger partial charge in [0.05, 0.1) is 69.9 Å². The van der Waals surface area contributed by atoms with Gasteiger partial charge in [0.1, 0.15) is 12.4 Å². The van der Waals surface area contributed by atoms with E-state index in [0.717, 1.165) is 54.6 Å². The highest BCUT2D eigenvalue weighted by Crippen LogP contribution is 2.41. The minimum absolute atomic E-state index is 0.110. The number of fused-ring (bicyclic) bond motifs is 2. The van der Waals surface area contributed by atoms with Crippen molar-refractivity contribution in [3.05, 3.63) is 53.1 Å². The number of anilines is 2. The number of hydrogen-bond donors (Lipinski definition) is 2. The van der Waals surface area contributed by atoms with E-state index >= 15 is 0 Å². The summed E-state index contributed by atoms with van der Waals surface area (Å²) in [4.78, 5) is 24.9. The molecule has 0 aromatic heterocycles. The molecule has 12 heteroatoms. The third-order valence-corrected chi connectivity index (χ3v) is 7.18. The van der Waals surface area contributed by atoms with Crippen molar-refractivity contribution in [1.29, 1.82) is 0 Å². The van der Waals surface area contributed by atoms with Crippen molar-refractivity contribution in [1.82, 2.24) is 15.1 Å². The number of carbonyl (C=O) groups excluding carboxylic acids is 1. The molecule has 3 N–H and O–H groups in total. The number of carbonyl (C=O) groups is 1. The highest BCUT2D eigenvalue weighted by molar-refractivity contribution is 6.31. The zero-order valence-electron chi connectivity index (χ0n) is 24.4. The van der Waals surface area contributed by atoms with Crippen molar-refractivity contribution in [2.24, 2.45) is 10.7 Å². The van der Waals surface area contributed by atoms with Crippen LogP contribution in [-0.4, -0.2) is 127 Å². The van der Waals surface area contributed by atoms with Crippen LogP contribution in [0.25, 0.3) is 0 Å². The molecule has 0 unspecified atom stereocenters. The summed E-state index contributed by atoms with van der Waals surface area (Å²) in [5.41, 5.74) is 8.88. The zero-order chi connectivity index (χ0) is 29.6. The quantitative estimate of drug-likeness (QED) is 0.279. The molecular weight excluding hydrogens is 560 g/mol. The monoisotopic (exact) mass is 602 g/mol. The molecule has 4 rings (SSSR count). The van der Waals surface area contributed by atoms with Crippen LogP contribution in [0.4, 0.5) is 17.1 Å². The van der Waals surface area contributed by atoms with E-state index in [1.165, 1.54) is 0 Å². The minimum atomic E-state index is -0.110. The molecule has 0 aliphatic carbocycles. The Morgan fingerprint density at radius 1 is 0.881 bits per heavy atom. The molecule has 0 radical (unpaired) electrons. The van der Waals surface area contributed by atoms with Crippen LogP contribution in [0.3, 0.4) is 0 Å². The van der Waals surface area contributed by atoms with Gasteiger partial charge >= 0.3 is 0 Å². The Kier molecular flexibility index (Phi) is 13.3. The summed E-state index contributed by atoms with van der Waals surface area (Å²) in [5.74, 6) is 0.796. The number of halogens is 1. The summed E-state index contributed by atoms with van der Waals surface area (Å²) in [6, 6.07) is 13.8. The Morgan fingerprint density at radius 3 is 2.21 bits per heavy atom. The zero-order valence-corrected chi connectivity index (χ0v) is 25.2. The fraction of sp³-hybridized carbons (Fsp3) is 0.533. The predicted molar refractivity (Wildman–Crippen MR) is 166 cm³/mol. The second-order valence-corrected chi connectivity index (χ2v) is 10.5. The maximum atomic E-state index is 13.1. The first kappa shape index (κ1) is 32.2. The lowest BCUT2D eigenvalue weighted by atomic mass is 10.1. The van der Waals surface area contributed by atoms with E-state index in [1.807, 2.05) is 41.3 Å². The molecule has 2 aromatic carbocycles. The fourth-order valence-electron chi connectivity index (χ4n) is 4.75. The van der Waals surface area contributed by atoms with Gasteiger partial charge in [-0.05, 0) is 37.4 Å². The van der Waals surface area contributed by atoms with Crippen LogP contribution >= 0.6 is 11.6 Å². The number of hydrogen-bond acceptors (Lipinski definition) is 10. The van der Waals surface area contributed by atoms with Gasteiger partial charge in [-0.1, -0.05) is 23.7 Å². The van der Waals surface area contributed by atoms with Gasteiger partial charge in [-0.2, -0.15) is 0 Å². The van der Waals surface area contributed by atoms with Gasteiger partial charge in [0, 0.05) is 49.9 Å². The van der Waals surface area contributed by atoms with E-state index in [2.05, 4.69) is 28.2 Å². The predicted octanol–water partition coefficient (Wildman–Crippen LogP) is 2.26. The van der Waals surface area contributed by atoms with Gasteiger partial charge < -0.3 is 44.7 Å². The normalized spacial score (nSPS) is 15.2. The van der Waals surface area contributed by atoms with Crippen molar-refractivity contribution >= 4 is 40.4 Å². The van der Waals surface area contributed by atoms with E-state index < -0.39 is 0 Å². The van der Waals surface area contributed by atoms with Gasteiger partial charge in [-0.25, -0.2) is 4.99 Å². The molecule has 2 aliphatic heterocycles. The number of rotatable bonds is 16. The van der Waals surface area contributed by atoms with Crippen LogP contribution in [0.1, 0.15) is 5.56 Å². The summed E-state index contributed by atoms with van der Waals surface area (Å²) in [5, 5.41) is 3.58. The molecule has 11 nitrogen and oxygen atoms in total. The molecule has 0 atom stereocenters. The smallest absolute Gasteiger partial charge is 0.240 e. The molecule has 0 bridgehead atoms. The third-order valence-electron chi connectivity index (χ3n) is 6.94. The van der Waals surface area contributed by atoms with Crippen LogP contribution in [-0.2, 0) is 23.7 Å². The molecule has 1 amide bonds. The standard InChI is InChI=1S/C30H43ClN6O5/c1-35-10-12-36(13-11-35)30-25-4-2-3-5-27(25)37(28-7-6-24(31)22-26(28)34-30)23-29(38)33-9-15-40-17-19-42-21-20-41-18-16-39-14-8-32/h2-7,22H,8-21,23,32H2,1H3,(H,33,38). The summed E-state index contributed by atoms with van der Waals surface area (Å²) in [6.45, 7) is 8.60. The van der Waals surface area contributed by atoms with Gasteiger partial charge in [-0.15, -0.1) is 0 Å². The Bertz CT molecular complexity index is 1160. The van der Waals surface area contributed by atoms with Gasteiger partial charge in [-0.3, -0.25) is 4.79 Å². The van der Waals surface area contributed by atoms with E-state index in [-0.39, 0.29) is 12.5 Å². The number of nitrogens with one attached hydrogen (secondary N) is 1. The van der Waals surface area contributed by atoms with E-state index in [1.54, 1.807) is 0 Å². The lowest BCUT2D eigenvalue weighted by Crippen LogP contribution is -2.47. The largest absolute Gasteiger partial charge is 0.378 e. The molecule has 0 saturated carbocycles. The second kappa shape index (κ2) is 17.4. The number of para-hydroxylation sites is 1. The lowest BCUT2D eigenvalue weighted by molar-refractivity contribution is -0.119. The van der Waals surface area contributed by atoms with E-state index in [0.29, 0.717) is 71.0 Å². The van der Waals surface area contributed by atoms with Crippen LogP contribution in [0.5, 0.6) is 0 Å². The number of nitrogens with two attached hydrogens (primary N) is 1. The first-order valence-electron chi connectivity index (χ1n) is 14.5. The molecule has 2 heterocycles. The highest BCUT2D eigenvalue weighted by atomic mass is 35.5. The SMILES string of the molecule is CN1CCN(C2=Nc3cc(Cl)ccc3N(CC(=O)NCCOCCOCCOCCOCCN)c3ccccc32)CC1. The van der Waals surface area contributed by atoms with Crippen molar-refractivity contribution in [3.63, 3.8) is 0 Å². The number of amidine groups is 1. The Hall–Kier alpha value is -2.77. The van der Waals surface area contributed by atoms with Crippen molar-refractivity contribution in [2.75, 3.05) is 111 Å². The topological polar surface area (TPSA) is 114 Å². The number of amides is 1. The molecule has 2 aliphatic rings. The number of benzene rings is 2. The summed E-state index contributed by atoms with van der Waals surface area (Å²) in [7, 11) is 2.13. The second-order valence-electron chi connectivity index (χ2n) is 10.1. The van der Waals surface area contributed by atoms with Crippen LogP contribution < -0.4 is 16.0 Å². The molecule has 1 saturated heterocycles. The summed E-state index contributed by atoms with van der Waals surface area (Å²) in [6.07, 6.45) is 0. The van der Waals surface area contributed by atoms with Crippen molar-refractivity contribution in [2.45, 2.75) is 0 Å². The number of ether oxygens (including phenoxy) is 4. The molecule has 230 valence electrons. The average molecular weight is 603 g/mol. The van der Waals surface area contributed by atoms with Gasteiger partial charge in [0.2, 0.25) is 5.91 Å². The molecule has 1 fully saturated rings. The average Bonchev–Trinajstić information content (AvgIpc) is 3.12. The molecule has 42 heavy (non-hydrogen) atoms. The van der Waals surface area contributed by atoms with E-state index in [4.69, 9.17) is 41.3 Å². The maximum absolute atomic E-state index is 13.1. The highest BCUT2D eigenvalue weighted by Gasteiger charge is 2.28. The fourth-order valence-corrected chi connectivity index (χ4v) is 4.92. The Balaban J connectivity index is 1.26. The first-order chi connectivity index (χ1) is 20.6. The van der Waals surface area contributed by atoms with Crippen LogP contribution in [0, 0.1) is 0 Å². The van der Waals surface area contributed by atoms with Crippen molar-refractivity contribution in [3.8, 4) is 0 Å². The van der Waals surface area contributed by atoms with Crippen molar-refractivity contribution < 1.29 is 23.7 Å². The lowest BCUT2D eigenvalue weighted by Gasteiger charge is -2.35. The maximum Gasteiger partial charge on any atom is 0.240 e. The van der Waals surface area contributed by atoms with Gasteiger partial charge in [0.15, 0.2) is 0 Å². The summed E-state index contributed by atoms with van der Waals surface area (Å²) < 4.78 is 21.8. The first-order valence-corrected chi connectivity index (χ1v) is 14.9. The Labute approximate surface area is 253 Å². The van der Waals surface area contributed by atoms with E-state index in [9.17, 15) is 4.79 Å². The third kappa shape index (κ3) is 9.63. The molecular formula is C30H43ClN6O5. The Morgan fingerprint density at radius 2 is 1.52 bits per heavy atom.